The smallest absolute Gasteiger partial charge is 0.248 e. The van der Waals surface area contributed by atoms with E-state index in [0.717, 1.165) is 0 Å². The first-order valence-corrected chi connectivity index (χ1v) is 21.9. The number of para-hydroxylation sites is 1. The second-order valence-corrected chi connectivity index (χ2v) is 18.0. The molecule has 3 aliphatic rings. The Hall–Kier alpha value is -7.13. The highest BCUT2D eigenvalue weighted by Gasteiger charge is 2.49. The number of hydrogen-bond acceptors (Lipinski definition) is 2. The quantitative estimate of drug-likeness (QED) is 0.119. The van der Waals surface area contributed by atoms with Crippen molar-refractivity contribution in [2.45, 2.75) is 0 Å². The first-order chi connectivity index (χ1) is 29.8. The lowest BCUT2D eigenvalue weighted by molar-refractivity contribution is 1.35. The van der Waals surface area contributed by atoms with E-state index in [1.165, 1.54) is 135 Å². The first kappa shape index (κ1) is 31.8. The van der Waals surface area contributed by atoms with Crippen LogP contribution in [0.3, 0.4) is 0 Å². The Kier molecular flexibility index (Phi) is 6.00. The number of anilines is 3. The zero-order valence-electron chi connectivity index (χ0n) is 32.4. The first-order valence-electron chi connectivity index (χ1n) is 21.1. The van der Waals surface area contributed by atoms with E-state index in [1.54, 1.807) is 0 Å². The molecule has 0 saturated heterocycles. The summed E-state index contributed by atoms with van der Waals surface area (Å²) in [5.41, 5.74) is 13.8. The third-order valence-electron chi connectivity index (χ3n) is 14.3. The van der Waals surface area contributed by atoms with Gasteiger partial charge in [-0.05, 0) is 115 Å². The molecule has 4 heterocycles. The van der Waals surface area contributed by atoms with Crippen LogP contribution in [0.15, 0.2) is 188 Å². The van der Waals surface area contributed by atoms with Gasteiger partial charge in [0.25, 0.3) is 0 Å². The minimum absolute atomic E-state index is 0.0554. The molecule has 12 aromatic rings. The van der Waals surface area contributed by atoms with Crippen LogP contribution in [0.2, 0.25) is 0 Å². The van der Waals surface area contributed by atoms with E-state index in [0.29, 0.717) is 0 Å². The molecule has 1 aromatic heterocycles. The van der Waals surface area contributed by atoms with Crippen molar-refractivity contribution in [3.63, 3.8) is 0 Å². The van der Waals surface area contributed by atoms with Crippen molar-refractivity contribution in [3.05, 3.63) is 188 Å². The summed E-state index contributed by atoms with van der Waals surface area (Å²) in [4.78, 5) is 2.70. The van der Waals surface area contributed by atoms with Gasteiger partial charge in [0.1, 0.15) is 0 Å². The van der Waals surface area contributed by atoms with Crippen LogP contribution in [0.1, 0.15) is 0 Å². The van der Waals surface area contributed by atoms with Gasteiger partial charge in [0.15, 0.2) is 0 Å². The standard InChI is InChI=1S/C56H31B2NS/c1-2-16-35-33(14-1)34-15-3-5-19-38(34)44-30-32(28-29-40(35)44)57-47-25-13-26-48-55(47)59(56-53(57)43-23-10-12-27-50(43)60-56)49-31-45-39-20-6-4-17-36(39)37-18-7-8-21-41(37)51(45)52-42-22-9-11-24-46(42)58(48)54(49)52/h1-31H. The minimum atomic E-state index is 0.0554. The fourth-order valence-electron chi connectivity index (χ4n) is 12.0. The molecular weight excluding hydrogens is 740 g/mol. The average Bonchev–Trinajstić information content (AvgIpc) is 3.87. The summed E-state index contributed by atoms with van der Waals surface area (Å²) in [6, 6.07) is 71.6. The molecule has 0 N–H and O–H groups in total. The zero-order valence-corrected chi connectivity index (χ0v) is 33.2. The van der Waals surface area contributed by atoms with Crippen LogP contribution in [-0.4, -0.2) is 13.4 Å². The highest BCUT2D eigenvalue weighted by atomic mass is 32.1. The molecule has 4 heteroatoms. The third kappa shape index (κ3) is 3.82. The normalized spacial score (nSPS) is 13.6. The number of rotatable bonds is 1. The second kappa shape index (κ2) is 11.3. The summed E-state index contributed by atoms with van der Waals surface area (Å²) in [5.74, 6) is 0. The van der Waals surface area contributed by atoms with Crippen LogP contribution >= 0.6 is 11.3 Å². The summed E-state index contributed by atoms with van der Waals surface area (Å²) >= 11 is 1.96. The van der Waals surface area contributed by atoms with Crippen LogP contribution in [0.25, 0.3) is 85.8 Å². The number of nitrogens with zero attached hydrogens (tertiary/aromatic N) is 1. The average molecular weight is 772 g/mol. The molecule has 0 saturated carbocycles. The molecule has 60 heavy (non-hydrogen) atoms. The predicted octanol–water partition coefficient (Wildman–Crippen LogP) is 10.9. The lowest BCUT2D eigenvalue weighted by atomic mass is 9.31. The summed E-state index contributed by atoms with van der Waals surface area (Å²) in [6.45, 7) is 0.190. The summed E-state index contributed by atoms with van der Waals surface area (Å²) in [7, 11) is 0. The summed E-state index contributed by atoms with van der Waals surface area (Å²) in [6.07, 6.45) is 0. The van der Waals surface area contributed by atoms with Crippen molar-refractivity contribution in [2.75, 3.05) is 4.90 Å². The van der Waals surface area contributed by atoms with E-state index < -0.39 is 0 Å². The van der Waals surface area contributed by atoms with Crippen LogP contribution in [0.5, 0.6) is 0 Å². The summed E-state index contributed by atoms with van der Waals surface area (Å²) in [5, 5.41) is 18.5. The van der Waals surface area contributed by atoms with Gasteiger partial charge >= 0.3 is 0 Å². The van der Waals surface area contributed by atoms with Crippen molar-refractivity contribution >= 4 is 149 Å². The summed E-state index contributed by atoms with van der Waals surface area (Å²) < 4.78 is 1.33. The van der Waals surface area contributed by atoms with E-state index in [9.17, 15) is 0 Å². The molecule has 0 fully saturated rings. The minimum Gasteiger partial charge on any atom is -0.304 e. The largest absolute Gasteiger partial charge is 0.304 e. The van der Waals surface area contributed by atoms with Crippen LogP contribution in [0.4, 0.5) is 16.4 Å². The van der Waals surface area contributed by atoms with Crippen molar-refractivity contribution in [3.8, 4) is 11.1 Å². The van der Waals surface area contributed by atoms with Gasteiger partial charge in [-0.15, -0.1) is 11.3 Å². The maximum absolute atomic E-state index is 2.70. The van der Waals surface area contributed by atoms with Gasteiger partial charge in [0.2, 0.25) is 13.4 Å². The maximum Gasteiger partial charge on any atom is 0.248 e. The van der Waals surface area contributed by atoms with E-state index in [2.05, 4.69) is 193 Å². The van der Waals surface area contributed by atoms with Gasteiger partial charge < -0.3 is 4.90 Å². The topological polar surface area (TPSA) is 3.24 Å². The van der Waals surface area contributed by atoms with Gasteiger partial charge in [0, 0.05) is 16.1 Å². The fraction of sp³-hybridized carbons (Fsp3) is 0. The predicted molar refractivity (Wildman–Crippen MR) is 263 cm³/mol. The van der Waals surface area contributed by atoms with Gasteiger partial charge in [-0.1, -0.05) is 187 Å². The zero-order chi connectivity index (χ0) is 38.8. The van der Waals surface area contributed by atoms with E-state index >= 15 is 0 Å². The van der Waals surface area contributed by atoms with Crippen molar-refractivity contribution in [1.82, 2.24) is 0 Å². The molecule has 272 valence electrons. The highest BCUT2D eigenvalue weighted by molar-refractivity contribution is 7.26. The van der Waals surface area contributed by atoms with E-state index in [4.69, 9.17) is 0 Å². The van der Waals surface area contributed by atoms with Crippen molar-refractivity contribution < 1.29 is 0 Å². The van der Waals surface area contributed by atoms with Gasteiger partial charge in [-0.25, -0.2) is 0 Å². The molecule has 15 rings (SSSR count). The van der Waals surface area contributed by atoms with Crippen LogP contribution in [0, 0.1) is 0 Å². The molecule has 1 nitrogen and oxygen atoms in total. The molecule has 0 bridgehead atoms. The molecule has 0 atom stereocenters. The monoisotopic (exact) mass is 771 g/mol. The SMILES string of the molecule is c1ccc2c(c1)B1c3cccc4c3N(c3cc5c6ccccc6c6ccccc6c5c-2c31)c1sc2ccccc2c1B4c1ccc2c3ccccc3c3ccccc3c2c1. The van der Waals surface area contributed by atoms with Gasteiger partial charge in [0.05, 0.1) is 5.00 Å². The molecule has 0 radical (unpaired) electrons. The van der Waals surface area contributed by atoms with Crippen molar-refractivity contribution in [2.24, 2.45) is 0 Å². The Morgan fingerprint density at radius 1 is 0.367 bits per heavy atom. The second-order valence-electron chi connectivity index (χ2n) is 17.0. The lowest BCUT2D eigenvalue weighted by Gasteiger charge is -2.42. The Labute approximate surface area is 350 Å². The number of hydrogen-bond donors (Lipinski definition) is 0. The Morgan fingerprint density at radius 2 is 0.883 bits per heavy atom. The van der Waals surface area contributed by atoms with Crippen LogP contribution < -0.4 is 37.7 Å². The molecule has 0 unspecified atom stereocenters. The maximum atomic E-state index is 2.70. The lowest BCUT2D eigenvalue weighted by Crippen LogP contribution is -2.63. The molecule has 3 aliphatic heterocycles. The molecular formula is C56H31B2NS. The van der Waals surface area contributed by atoms with Gasteiger partial charge in [-0.3, -0.25) is 0 Å². The molecule has 0 spiro atoms. The Morgan fingerprint density at radius 3 is 1.58 bits per heavy atom. The van der Waals surface area contributed by atoms with E-state index in [-0.39, 0.29) is 13.4 Å². The molecule has 0 amide bonds. The Balaban J connectivity index is 1.09. The molecule has 11 aromatic carbocycles. The van der Waals surface area contributed by atoms with Crippen LogP contribution in [-0.2, 0) is 0 Å². The number of benzene rings is 11. The Bertz CT molecular complexity index is 3900. The van der Waals surface area contributed by atoms with Crippen molar-refractivity contribution in [1.29, 1.82) is 0 Å². The third-order valence-corrected chi connectivity index (χ3v) is 15.4. The molecule has 0 aliphatic carbocycles. The van der Waals surface area contributed by atoms with E-state index in [1.807, 2.05) is 11.3 Å². The number of thiophene rings is 1. The highest BCUT2D eigenvalue weighted by Crippen LogP contribution is 2.50. The van der Waals surface area contributed by atoms with Gasteiger partial charge in [-0.2, -0.15) is 0 Å². The fourth-order valence-corrected chi connectivity index (χ4v) is 13.3. The number of fused-ring (bicyclic) bond motifs is 22.